The highest BCUT2D eigenvalue weighted by atomic mass is 16.5. The van der Waals surface area contributed by atoms with E-state index in [1.807, 2.05) is 54.6 Å². The van der Waals surface area contributed by atoms with Crippen molar-refractivity contribution in [2.24, 2.45) is 0 Å². The maximum absolute atomic E-state index is 12.2. The molecule has 0 saturated carbocycles. The molecule has 7 heteroatoms. The maximum Gasteiger partial charge on any atom is 0.258 e. The van der Waals surface area contributed by atoms with E-state index >= 15 is 0 Å². The van der Waals surface area contributed by atoms with Crippen LogP contribution in [0.25, 0.3) is 0 Å². The van der Waals surface area contributed by atoms with Crippen molar-refractivity contribution in [2.75, 3.05) is 34.0 Å². The van der Waals surface area contributed by atoms with Crippen LogP contribution in [-0.4, -0.2) is 39.9 Å². The third-order valence-corrected chi connectivity index (χ3v) is 4.50. The molecule has 0 saturated heterocycles. The fourth-order valence-electron chi connectivity index (χ4n) is 2.92. The van der Waals surface area contributed by atoms with Crippen LogP contribution in [0.1, 0.15) is 5.56 Å². The van der Waals surface area contributed by atoms with Gasteiger partial charge in [0.1, 0.15) is 13.2 Å². The van der Waals surface area contributed by atoms with E-state index in [9.17, 15) is 4.79 Å². The Bertz CT molecular complexity index is 970. The van der Waals surface area contributed by atoms with Crippen LogP contribution in [0.15, 0.2) is 72.8 Å². The monoisotopic (exact) mass is 437 g/mol. The first kappa shape index (κ1) is 22.8. The third-order valence-electron chi connectivity index (χ3n) is 4.50. The van der Waals surface area contributed by atoms with Gasteiger partial charge in [-0.25, -0.2) is 0 Å². The van der Waals surface area contributed by atoms with Crippen LogP contribution in [0.2, 0.25) is 0 Å². The molecular formula is C25H27NO6. The van der Waals surface area contributed by atoms with Gasteiger partial charge in [0.15, 0.2) is 29.6 Å². The van der Waals surface area contributed by atoms with Crippen molar-refractivity contribution in [3.05, 3.63) is 78.4 Å². The second kappa shape index (κ2) is 12.1. The number of amides is 1. The lowest BCUT2D eigenvalue weighted by Crippen LogP contribution is -2.32. The highest BCUT2D eigenvalue weighted by Gasteiger charge is 2.12. The number of methoxy groups -OCH3 is 2. The van der Waals surface area contributed by atoms with Gasteiger partial charge in [-0.1, -0.05) is 48.5 Å². The Morgan fingerprint density at radius 1 is 0.719 bits per heavy atom. The zero-order valence-electron chi connectivity index (χ0n) is 18.2. The third kappa shape index (κ3) is 6.57. The topological polar surface area (TPSA) is 75.2 Å². The molecule has 168 valence electrons. The summed E-state index contributed by atoms with van der Waals surface area (Å²) in [6.07, 6.45) is 0. The van der Waals surface area contributed by atoms with E-state index in [-0.39, 0.29) is 19.1 Å². The molecule has 0 aliphatic carbocycles. The van der Waals surface area contributed by atoms with Crippen molar-refractivity contribution in [2.45, 2.75) is 6.61 Å². The van der Waals surface area contributed by atoms with Crippen LogP contribution < -0.4 is 29.0 Å². The second-order valence-corrected chi connectivity index (χ2v) is 6.70. The smallest absolute Gasteiger partial charge is 0.258 e. The fraction of sp³-hybridized carbons (Fsp3) is 0.240. The first-order valence-corrected chi connectivity index (χ1v) is 10.2. The Kier molecular flexibility index (Phi) is 8.62. The van der Waals surface area contributed by atoms with Crippen molar-refractivity contribution in [3.8, 4) is 28.7 Å². The molecule has 7 nitrogen and oxygen atoms in total. The summed E-state index contributed by atoms with van der Waals surface area (Å²) < 4.78 is 27.8. The van der Waals surface area contributed by atoms with E-state index in [0.29, 0.717) is 41.9 Å². The van der Waals surface area contributed by atoms with Crippen molar-refractivity contribution in [1.29, 1.82) is 0 Å². The summed E-state index contributed by atoms with van der Waals surface area (Å²) in [6, 6.07) is 22.5. The Hall–Kier alpha value is -3.87. The van der Waals surface area contributed by atoms with Crippen molar-refractivity contribution >= 4 is 5.91 Å². The van der Waals surface area contributed by atoms with Gasteiger partial charge in [-0.15, -0.1) is 0 Å². The number of hydrogen-bond donors (Lipinski definition) is 1. The van der Waals surface area contributed by atoms with Crippen molar-refractivity contribution in [1.82, 2.24) is 5.32 Å². The van der Waals surface area contributed by atoms with Gasteiger partial charge in [0.25, 0.3) is 5.91 Å². The Morgan fingerprint density at radius 2 is 1.31 bits per heavy atom. The minimum atomic E-state index is -0.265. The lowest BCUT2D eigenvalue weighted by molar-refractivity contribution is -0.123. The summed E-state index contributed by atoms with van der Waals surface area (Å²) >= 11 is 0. The number of rotatable bonds is 12. The fourth-order valence-corrected chi connectivity index (χ4v) is 2.92. The molecule has 0 unspecified atom stereocenters. The molecule has 1 N–H and O–H groups in total. The largest absolute Gasteiger partial charge is 0.493 e. The average molecular weight is 437 g/mol. The molecule has 0 aliphatic rings. The predicted molar refractivity (Wildman–Crippen MR) is 121 cm³/mol. The Balaban J connectivity index is 1.44. The van der Waals surface area contributed by atoms with E-state index in [0.717, 1.165) is 5.56 Å². The maximum atomic E-state index is 12.2. The van der Waals surface area contributed by atoms with E-state index in [4.69, 9.17) is 23.7 Å². The van der Waals surface area contributed by atoms with E-state index < -0.39 is 0 Å². The number of benzene rings is 3. The van der Waals surface area contributed by atoms with Gasteiger partial charge in [0.05, 0.1) is 20.8 Å². The Labute approximate surface area is 187 Å². The summed E-state index contributed by atoms with van der Waals surface area (Å²) in [5.74, 6) is 2.44. The lowest BCUT2D eigenvalue weighted by atomic mass is 10.2. The lowest BCUT2D eigenvalue weighted by Gasteiger charge is -2.15. The molecule has 3 aromatic rings. The van der Waals surface area contributed by atoms with E-state index in [1.165, 1.54) is 0 Å². The minimum Gasteiger partial charge on any atom is -0.493 e. The second-order valence-electron chi connectivity index (χ2n) is 6.70. The molecule has 0 spiro atoms. The molecule has 0 atom stereocenters. The van der Waals surface area contributed by atoms with Gasteiger partial charge in [0, 0.05) is 0 Å². The summed E-state index contributed by atoms with van der Waals surface area (Å²) in [7, 11) is 3.12. The molecule has 3 aromatic carbocycles. The van der Waals surface area contributed by atoms with Crippen LogP contribution in [0.5, 0.6) is 28.7 Å². The molecule has 1 amide bonds. The van der Waals surface area contributed by atoms with Crippen molar-refractivity contribution < 1.29 is 28.5 Å². The van der Waals surface area contributed by atoms with Crippen LogP contribution >= 0.6 is 0 Å². The average Bonchev–Trinajstić information content (AvgIpc) is 2.85. The molecule has 0 radical (unpaired) electrons. The van der Waals surface area contributed by atoms with E-state index in [1.54, 1.807) is 32.4 Å². The van der Waals surface area contributed by atoms with Crippen LogP contribution in [0.3, 0.4) is 0 Å². The summed E-state index contributed by atoms with van der Waals surface area (Å²) in [4.78, 5) is 12.2. The molecule has 0 fully saturated rings. The molecule has 0 aliphatic heterocycles. The number of hydrogen-bond acceptors (Lipinski definition) is 6. The van der Waals surface area contributed by atoms with Crippen LogP contribution in [0.4, 0.5) is 0 Å². The summed E-state index contributed by atoms with van der Waals surface area (Å²) in [6.45, 7) is 0.829. The predicted octanol–water partition coefficient (Wildman–Crippen LogP) is 3.86. The zero-order valence-corrected chi connectivity index (χ0v) is 18.2. The van der Waals surface area contributed by atoms with Gasteiger partial charge in [-0.2, -0.15) is 0 Å². The minimum absolute atomic E-state index is 0.135. The van der Waals surface area contributed by atoms with Gasteiger partial charge in [-0.05, 0) is 29.8 Å². The number of ether oxygens (including phenoxy) is 5. The van der Waals surface area contributed by atoms with Crippen molar-refractivity contribution in [3.63, 3.8) is 0 Å². The summed E-state index contributed by atoms with van der Waals surface area (Å²) in [5, 5.41) is 2.76. The number of carbonyl (C=O) groups is 1. The molecule has 0 bridgehead atoms. The Morgan fingerprint density at radius 3 is 1.97 bits per heavy atom. The zero-order chi connectivity index (χ0) is 22.6. The van der Waals surface area contributed by atoms with Gasteiger partial charge < -0.3 is 29.0 Å². The van der Waals surface area contributed by atoms with Gasteiger partial charge in [0.2, 0.25) is 5.75 Å². The highest BCUT2D eigenvalue weighted by molar-refractivity contribution is 5.77. The SMILES string of the molecule is COc1cccc(OC)c1OCCNC(=O)COc1ccccc1OCc1ccccc1. The summed E-state index contributed by atoms with van der Waals surface area (Å²) in [5.41, 5.74) is 1.05. The molecule has 0 aromatic heterocycles. The first-order valence-electron chi connectivity index (χ1n) is 10.2. The quantitative estimate of drug-likeness (QED) is 0.434. The molecular weight excluding hydrogens is 410 g/mol. The van der Waals surface area contributed by atoms with Gasteiger partial charge in [-0.3, -0.25) is 4.79 Å². The standard InChI is InChI=1S/C25H27NO6/c1-28-22-13-8-14-23(29-2)25(22)30-16-15-26-24(27)18-32-21-12-7-6-11-20(21)31-17-19-9-4-3-5-10-19/h3-14H,15-18H2,1-2H3,(H,26,27). The number of carbonyl (C=O) groups excluding carboxylic acids is 1. The number of nitrogens with one attached hydrogen (secondary N) is 1. The number of para-hydroxylation sites is 3. The van der Waals surface area contributed by atoms with Crippen LogP contribution in [0, 0.1) is 0 Å². The normalized spacial score (nSPS) is 10.2. The highest BCUT2D eigenvalue weighted by Crippen LogP contribution is 2.36. The molecule has 0 heterocycles. The van der Waals surface area contributed by atoms with E-state index in [2.05, 4.69) is 5.32 Å². The van der Waals surface area contributed by atoms with Crippen LogP contribution in [-0.2, 0) is 11.4 Å². The first-order chi connectivity index (χ1) is 15.7. The van der Waals surface area contributed by atoms with Gasteiger partial charge >= 0.3 is 0 Å². The molecule has 32 heavy (non-hydrogen) atoms. The molecule has 3 rings (SSSR count).